The first-order valence-electron chi connectivity index (χ1n) is 7.68. The summed E-state index contributed by atoms with van der Waals surface area (Å²) >= 11 is 0. The van der Waals surface area contributed by atoms with Crippen molar-refractivity contribution in [2.24, 2.45) is 5.41 Å². The average molecular weight is 277 g/mol. The van der Waals surface area contributed by atoms with Gasteiger partial charge in [-0.2, -0.15) is 0 Å². The summed E-state index contributed by atoms with van der Waals surface area (Å²) in [5.41, 5.74) is 1.42. The molecule has 20 heavy (non-hydrogen) atoms. The van der Waals surface area contributed by atoms with Gasteiger partial charge in [0.05, 0.1) is 6.61 Å². The molecule has 1 aromatic carbocycles. The molecule has 0 bridgehead atoms. The van der Waals surface area contributed by atoms with E-state index in [2.05, 4.69) is 18.7 Å². The molecule has 0 atom stereocenters. The number of hydrogen-bond donors (Lipinski definition) is 1. The summed E-state index contributed by atoms with van der Waals surface area (Å²) in [6, 6.07) is 5.78. The number of ether oxygens (including phenoxy) is 1. The molecule has 1 aliphatic rings. The number of rotatable bonds is 4. The smallest absolute Gasteiger partial charge is 0.162 e. The Labute approximate surface area is 122 Å². The highest BCUT2D eigenvalue weighted by molar-refractivity contribution is 5.45. The van der Waals surface area contributed by atoms with Gasteiger partial charge in [0.15, 0.2) is 11.5 Å². The largest absolute Gasteiger partial charge is 0.504 e. The van der Waals surface area contributed by atoms with E-state index in [1.165, 1.54) is 19.3 Å². The third-order valence-electron chi connectivity index (χ3n) is 4.21. The second-order valence-corrected chi connectivity index (χ2v) is 6.49. The normalized spacial score (nSPS) is 19.6. The highest BCUT2D eigenvalue weighted by atomic mass is 16.5. The molecule has 0 unspecified atom stereocenters. The summed E-state index contributed by atoms with van der Waals surface area (Å²) in [5, 5.41) is 10.3. The zero-order valence-electron chi connectivity index (χ0n) is 13.0. The lowest BCUT2D eigenvalue weighted by molar-refractivity contribution is 0.251. The van der Waals surface area contributed by atoms with E-state index in [1.54, 1.807) is 0 Å². The third-order valence-corrected chi connectivity index (χ3v) is 4.21. The first kappa shape index (κ1) is 15.2. The molecule has 3 heteroatoms. The molecule has 1 aromatic rings. The van der Waals surface area contributed by atoms with Crippen LogP contribution >= 0.6 is 0 Å². The Balaban J connectivity index is 2.04. The third kappa shape index (κ3) is 3.89. The van der Waals surface area contributed by atoms with Gasteiger partial charge >= 0.3 is 0 Å². The number of para-hydroxylation sites is 1. The maximum absolute atomic E-state index is 10.3. The number of benzene rings is 1. The van der Waals surface area contributed by atoms with Crippen LogP contribution < -0.4 is 4.74 Å². The zero-order valence-corrected chi connectivity index (χ0v) is 13.0. The van der Waals surface area contributed by atoms with Crippen LogP contribution in [0.2, 0.25) is 0 Å². The summed E-state index contributed by atoms with van der Waals surface area (Å²) in [6.07, 6.45) is 3.74. The number of phenolic OH excluding ortho intramolecular Hbond substituents is 1. The van der Waals surface area contributed by atoms with Crippen LogP contribution in [-0.2, 0) is 6.54 Å². The van der Waals surface area contributed by atoms with Gasteiger partial charge in [-0.3, -0.25) is 4.90 Å². The molecule has 0 aromatic heterocycles. The molecule has 0 radical (unpaired) electrons. The Bertz CT molecular complexity index is 443. The van der Waals surface area contributed by atoms with E-state index in [4.69, 9.17) is 4.74 Å². The van der Waals surface area contributed by atoms with E-state index in [1.807, 2.05) is 25.1 Å². The lowest BCUT2D eigenvalue weighted by Crippen LogP contribution is -2.25. The fraction of sp³-hybridized carbons (Fsp3) is 0.647. The van der Waals surface area contributed by atoms with Gasteiger partial charge in [-0.15, -0.1) is 0 Å². The van der Waals surface area contributed by atoms with Crippen molar-refractivity contribution in [2.45, 2.75) is 46.6 Å². The van der Waals surface area contributed by atoms with Gasteiger partial charge in [0, 0.05) is 12.1 Å². The fourth-order valence-corrected chi connectivity index (χ4v) is 2.85. The minimum Gasteiger partial charge on any atom is -0.504 e. The Kier molecular flexibility index (Phi) is 4.92. The van der Waals surface area contributed by atoms with Gasteiger partial charge in [0.2, 0.25) is 0 Å². The van der Waals surface area contributed by atoms with Crippen molar-refractivity contribution < 1.29 is 9.84 Å². The average Bonchev–Trinajstić information content (AvgIpc) is 2.56. The Morgan fingerprint density at radius 2 is 2.05 bits per heavy atom. The van der Waals surface area contributed by atoms with E-state index in [9.17, 15) is 5.11 Å². The van der Waals surface area contributed by atoms with E-state index < -0.39 is 0 Å². The van der Waals surface area contributed by atoms with Crippen molar-refractivity contribution in [3.8, 4) is 11.5 Å². The maximum Gasteiger partial charge on any atom is 0.162 e. The Morgan fingerprint density at radius 1 is 1.25 bits per heavy atom. The van der Waals surface area contributed by atoms with Crippen LogP contribution in [0.25, 0.3) is 0 Å². The first-order chi connectivity index (χ1) is 9.52. The van der Waals surface area contributed by atoms with Gasteiger partial charge in [0.1, 0.15) is 0 Å². The molecule has 0 amide bonds. The van der Waals surface area contributed by atoms with Crippen LogP contribution in [0.15, 0.2) is 18.2 Å². The van der Waals surface area contributed by atoms with Crippen LogP contribution in [0.3, 0.4) is 0 Å². The quantitative estimate of drug-likeness (QED) is 0.908. The second-order valence-electron chi connectivity index (χ2n) is 6.49. The van der Waals surface area contributed by atoms with Crippen LogP contribution in [0, 0.1) is 5.41 Å². The lowest BCUT2D eigenvalue weighted by Gasteiger charge is -2.23. The minimum atomic E-state index is 0.304. The molecule has 1 fully saturated rings. The number of hydrogen-bond acceptors (Lipinski definition) is 3. The SMILES string of the molecule is CCOc1cccc(CN2CCCC(C)(C)CC2)c1O. The van der Waals surface area contributed by atoms with Gasteiger partial charge in [0.25, 0.3) is 0 Å². The first-order valence-corrected chi connectivity index (χ1v) is 7.68. The van der Waals surface area contributed by atoms with Gasteiger partial charge in [-0.25, -0.2) is 0 Å². The molecule has 112 valence electrons. The highest BCUT2D eigenvalue weighted by Crippen LogP contribution is 2.33. The number of aromatic hydroxyl groups is 1. The number of likely N-dealkylation sites (tertiary alicyclic amines) is 1. The van der Waals surface area contributed by atoms with E-state index in [-0.39, 0.29) is 0 Å². The molecule has 0 spiro atoms. The molecule has 1 N–H and O–H groups in total. The predicted octanol–water partition coefficient (Wildman–Crippen LogP) is 3.80. The van der Waals surface area contributed by atoms with Gasteiger partial charge < -0.3 is 9.84 Å². The fourth-order valence-electron chi connectivity index (χ4n) is 2.85. The molecule has 2 rings (SSSR count). The molecule has 1 heterocycles. The van der Waals surface area contributed by atoms with Crippen LogP contribution in [-0.4, -0.2) is 29.7 Å². The van der Waals surface area contributed by atoms with Crippen molar-refractivity contribution in [3.05, 3.63) is 23.8 Å². The standard InChI is InChI=1S/C17H27NO2/c1-4-20-15-8-5-7-14(16(15)19)13-18-11-6-9-17(2,3)10-12-18/h5,7-8,19H,4,6,9-13H2,1-3H3. The molecule has 3 nitrogen and oxygen atoms in total. The van der Waals surface area contributed by atoms with Gasteiger partial charge in [-0.1, -0.05) is 26.0 Å². The lowest BCUT2D eigenvalue weighted by atomic mass is 9.85. The van der Waals surface area contributed by atoms with E-state index in [0.29, 0.717) is 23.5 Å². The van der Waals surface area contributed by atoms with Crippen molar-refractivity contribution >= 4 is 0 Å². The molecular weight excluding hydrogens is 250 g/mol. The Hall–Kier alpha value is -1.22. The summed E-state index contributed by atoms with van der Waals surface area (Å²) in [4.78, 5) is 2.44. The molecular formula is C17H27NO2. The van der Waals surface area contributed by atoms with Crippen molar-refractivity contribution in [1.82, 2.24) is 4.90 Å². The monoisotopic (exact) mass is 277 g/mol. The van der Waals surface area contributed by atoms with Crippen molar-refractivity contribution in [2.75, 3.05) is 19.7 Å². The number of nitrogens with zero attached hydrogens (tertiary/aromatic N) is 1. The van der Waals surface area contributed by atoms with Crippen LogP contribution in [0.4, 0.5) is 0 Å². The second kappa shape index (κ2) is 6.49. The topological polar surface area (TPSA) is 32.7 Å². The predicted molar refractivity (Wildman–Crippen MR) is 82.2 cm³/mol. The number of phenols is 1. The Morgan fingerprint density at radius 3 is 2.80 bits per heavy atom. The zero-order chi connectivity index (χ0) is 14.6. The molecule has 1 aliphatic heterocycles. The summed E-state index contributed by atoms with van der Waals surface area (Å²) in [6.45, 7) is 10.2. The summed E-state index contributed by atoms with van der Waals surface area (Å²) < 4.78 is 5.46. The maximum atomic E-state index is 10.3. The van der Waals surface area contributed by atoms with Gasteiger partial charge in [-0.05, 0) is 50.8 Å². The van der Waals surface area contributed by atoms with Crippen LogP contribution in [0.1, 0.15) is 45.6 Å². The minimum absolute atomic E-state index is 0.304. The molecule has 0 aliphatic carbocycles. The van der Waals surface area contributed by atoms with E-state index in [0.717, 1.165) is 25.2 Å². The van der Waals surface area contributed by atoms with Crippen LogP contribution in [0.5, 0.6) is 11.5 Å². The summed E-state index contributed by atoms with van der Waals surface area (Å²) in [5.74, 6) is 0.901. The molecule has 1 saturated heterocycles. The summed E-state index contributed by atoms with van der Waals surface area (Å²) in [7, 11) is 0. The molecule has 0 saturated carbocycles. The van der Waals surface area contributed by atoms with Crippen molar-refractivity contribution in [1.29, 1.82) is 0 Å². The highest BCUT2D eigenvalue weighted by Gasteiger charge is 2.23. The van der Waals surface area contributed by atoms with E-state index >= 15 is 0 Å². The van der Waals surface area contributed by atoms with Crippen molar-refractivity contribution in [3.63, 3.8) is 0 Å².